The fourth-order valence-electron chi connectivity index (χ4n) is 3.82. The molecule has 0 spiro atoms. The molecule has 4 rings (SSSR count). The Labute approximate surface area is 192 Å². The molecule has 0 aliphatic rings. The molecule has 0 amide bonds. The molecule has 4 aromatic rings. The van der Waals surface area contributed by atoms with Crippen LogP contribution in [0.5, 0.6) is 11.5 Å². The second-order valence-corrected chi connectivity index (χ2v) is 8.14. The number of methoxy groups -OCH3 is 1. The Morgan fingerprint density at radius 2 is 1.52 bits per heavy atom. The van der Waals surface area contributed by atoms with Crippen molar-refractivity contribution in [2.75, 3.05) is 12.4 Å². The van der Waals surface area contributed by atoms with E-state index in [1.165, 1.54) is 11.1 Å². The smallest absolute Gasteiger partial charge is 0.271 e. The van der Waals surface area contributed by atoms with Crippen molar-refractivity contribution in [3.05, 3.63) is 115 Å². The predicted octanol–water partition coefficient (Wildman–Crippen LogP) is 4.49. The average molecular weight is 443 g/mol. The topological polar surface area (TPSA) is 87.7 Å². The summed E-state index contributed by atoms with van der Waals surface area (Å²) in [7, 11) is 1.63. The van der Waals surface area contributed by atoms with Gasteiger partial charge in [0.15, 0.2) is 5.75 Å². The first-order chi connectivity index (χ1) is 15.9. The van der Waals surface area contributed by atoms with E-state index >= 15 is 0 Å². The normalized spacial score (nSPS) is 12.9. The minimum Gasteiger partial charge on any atom is -0.502 e. The van der Waals surface area contributed by atoms with Gasteiger partial charge in [-0.15, -0.1) is 0 Å². The maximum absolute atomic E-state index is 11.7. The molecule has 6 heteroatoms. The van der Waals surface area contributed by atoms with Crippen LogP contribution in [-0.2, 0) is 0 Å². The van der Waals surface area contributed by atoms with E-state index in [2.05, 4.69) is 48.7 Å². The summed E-state index contributed by atoms with van der Waals surface area (Å²) in [5.74, 6) is 0.248. The molecule has 4 aromatic carbocycles. The summed E-state index contributed by atoms with van der Waals surface area (Å²) < 4.78 is 5.31. The van der Waals surface area contributed by atoms with Crippen LogP contribution in [0.1, 0.15) is 41.3 Å². The standard InChI is InChI=1S/C27H26N2O4/c1-16-7-9-18(10-8-16)17(2)28-23(19-11-13-22(33-3)14-12-19)20-5-4-6-21(15-20)29-24-25(30)27(32)26(24)31/h4-15,17,23,28-30H,1-3H3/t17-,23?/m1/s1. The first-order valence-electron chi connectivity index (χ1n) is 10.7. The summed E-state index contributed by atoms with van der Waals surface area (Å²) in [5.41, 5.74) is 3.35. The van der Waals surface area contributed by atoms with Crippen LogP contribution < -0.4 is 26.2 Å². The molecule has 168 valence electrons. The van der Waals surface area contributed by atoms with Crippen LogP contribution in [0.2, 0.25) is 0 Å². The van der Waals surface area contributed by atoms with E-state index in [1.807, 2.05) is 42.5 Å². The number of ether oxygens (including phenoxy) is 1. The first-order valence-corrected chi connectivity index (χ1v) is 10.7. The third-order valence-electron chi connectivity index (χ3n) is 5.82. The van der Waals surface area contributed by atoms with Crippen molar-refractivity contribution in [1.29, 1.82) is 0 Å². The van der Waals surface area contributed by atoms with Gasteiger partial charge >= 0.3 is 0 Å². The molecule has 0 radical (unpaired) electrons. The van der Waals surface area contributed by atoms with Gasteiger partial charge in [0, 0.05) is 11.7 Å². The molecule has 0 fully saturated rings. The van der Waals surface area contributed by atoms with E-state index in [1.54, 1.807) is 13.2 Å². The quantitative estimate of drug-likeness (QED) is 0.349. The third-order valence-corrected chi connectivity index (χ3v) is 5.82. The molecule has 0 heterocycles. The van der Waals surface area contributed by atoms with Crippen LogP contribution in [0.15, 0.2) is 82.4 Å². The largest absolute Gasteiger partial charge is 0.502 e. The van der Waals surface area contributed by atoms with Gasteiger partial charge < -0.3 is 15.2 Å². The maximum Gasteiger partial charge on any atom is 0.271 e. The number of benzene rings is 3. The SMILES string of the molecule is COc1ccc(C(N[C@H](C)c2ccc(C)cc2)c2cccc(Nc3c(O)c(=O)c3=O)c2)cc1. The molecule has 0 bridgehead atoms. The van der Waals surface area contributed by atoms with Crippen molar-refractivity contribution >= 4 is 11.4 Å². The van der Waals surface area contributed by atoms with Crippen LogP contribution in [0, 0.1) is 6.92 Å². The average Bonchev–Trinajstić information content (AvgIpc) is 2.85. The maximum atomic E-state index is 11.7. The van der Waals surface area contributed by atoms with Crippen LogP contribution in [-0.4, -0.2) is 12.2 Å². The fourth-order valence-corrected chi connectivity index (χ4v) is 3.82. The van der Waals surface area contributed by atoms with Gasteiger partial charge in [-0.05, 0) is 54.8 Å². The lowest BCUT2D eigenvalue weighted by molar-refractivity contribution is 0.414. The molecule has 0 aliphatic carbocycles. The number of anilines is 2. The van der Waals surface area contributed by atoms with Crippen molar-refractivity contribution in [1.82, 2.24) is 5.32 Å². The van der Waals surface area contributed by atoms with E-state index in [-0.39, 0.29) is 17.8 Å². The van der Waals surface area contributed by atoms with Crippen molar-refractivity contribution in [2.45, 2.75) is 25.9 Å². The van der Waals surface area contributed by atoms with Crippen molar-refractivity contribution in [3.8, 4) is 11.5 Å². The highest BCUT2D eigenvalue weighted by atomic mass is 16.5. The van der Waals surface area contributed by atoms with Gasteiger partial charge in [0.05, 0.1) is 13.2 Å². The number of hydrogen-bond acceptors (Lipinski definition) is 6. The summed E-state index contributed by atoms with van der Waals surface area (Å²) >= 11 is 0. The van der Waals surface area contributed by atoms with Gasteiger partial charge in [0.25, 0.3) is 10.9 Å². The lowest BCUT2D eigenvalue weighted by Crippen LogP contribution is -2.32. The minimum absolute atomic E-state index is 0.0619. The molecule has 0 aromatic heterocycles. The summed E-state index contributed by atoms with van der Waals surface area (Å²) in [5, 5.41) is 16.3. The van der Waals surface area contributed by atoms with E-state index in [9.17, 15) is 14.7 Å². The molecule has 1 unspecified atom stereocenters. The highest BCUT2D eigenvalue weighted by Crippen LogP contribution is 2.30. The van der Waals surface area contributed by atoms with E-state index in [0.717, 1.165) is 16.9 Å². The number of hydrogen-bond donors (Lipinski definition) is 3. The molecular formula is C27H26N2O4. The second kappa shape index (κ2) is 9.30. The number of nitrogens with one attached hydrogen (secondary N) is 2. The summed E-state index contributed by atoms with van der Waals surface area (Å²) in [6.07, 6.45) is 0. The van der Waals surface area contributed by atoms with Crippen molar-refractivity contribution < 1.29 is 9.84 Å². The van der Waals surface area contributed by atoms with Crippen LogP contribution in [0.4, 0.5) is 11.4 Å². The number of aromatic hydroxyl groups is 1. The van der Waals surface area contributed by atoms with Crippen molar-refractivity contribution in [3.63, 3.8) is 0 Å². The number of aryl methyl sites for hydroxylation is 1. The third kappa shape index (κ3) is 4.66. The zero-order chi connectivity index (χ0) is 23.5. The van der Waals surface area contributed by atoms with Gasteiger partial charge in [-0.1, -0.05) is 54.1 Å². The Kier molecular flexibility index (Phi) is 6.29. The van der Waals surface area contributed by atoms with E-state index in [4.69, 9.17) is 4.74 Å². The fraction of sp³-hybridized carbons (Fsp3) is 0.185. The molecule has 2 atom stereocenters. The van der Waals surface area contributed by atoms with Gasteiger partial charge in [-0.3, -0.25) is 14.9 Å². The minimum atomic E-state index is -0.863. The van der Waals surface area contributed by atoms with Gasteiger partial charge in [-0.25, -0.2) is 0 Å². The van der Waals surface area contributed by atoms with Crippen molar-refractivity contribution in [2.24, 2.45) is 0 Å². The summed E-state index contributed by atoms with van der Waals surface area (Å²) in [6, 6.07) is 23.8. The monoisotopic (exact) mass is 442 g/mol. The Morgan fingerprint density at radius 1 is 0.848 bits per heavy atom. The Hall–Kier alpha value is -3.90. The summed E-state index contributed by atoms with van der Waals surface area (Å²) in [6.45, 7) is 4.18. The highest BCUT2D eigenvalue weighted by molar-refractivity contribution is 5.69. The van der Waals surface area contributed by atoms with Crippen LogP contribution in [0.3, 0.4) is 0 Å². The van der Waals surface area contributed by atoms with Crippen LogP contribution in [0.25, 0.3) is 0 Å². The molecule has 0 saturated heterocycles. The lowest BCUT2D eigenvalue weighted by atomic mass is 9.96. The molecule has 0 saturated carbocycles. The van der Waals surface area contributed by atoms with Gasteiger partial charge in [0.1, 0.15) is 11.4 Å². The first kappa shape index (κ1) is 22.3. The zero-order valence-electron chi connectivity index (χ0n) is 18.8. The second-order valence-electron chi connectivity index (χ2n) is 8.14. The summed E-state index contributed by atoms with van der Waals surface area (Å²) in [4.78, 5) is 23.1. The molecule has 6 nitrogen and oxygen atoms in total. The zero-order valence-corrected chi connectivity index (χ0v) is 18.8. The number of rotatable bonds is 8. The highest BCUT2D eigenvalue weighted by Gasteiger charge is 2.22. The van der Waals surface area contributed by atoms with E-state index < -0.39 is 16.6 Å². The Bertz CT molecular complexity index is 1320. The Morgan fingerprint density at radius 3 is 2.15 bits per heavy atom. The predicted molar refractivity (Wildman–Crippen MR) is 130 cm³/mol. The molecule has 3 N–H and O–H groups in total. The molecule has 33 heavy (non-hydrogen) atoms. The Balaban J connectivity index is 1.67. The molecule has 0 aliphatic heterocycles. The van der Waals surface area contributed by atoms with E-state index in [0.29, 0.717) is 5.69 Å². The molecular weight excluding hydrogens is 416 g/mol. The van der Waals surface area contributed by atoms with Gasteiger partial charge in [0.2, 0.25) is 0 Å². The lowest BCUT2D eigenvalue weighted by Gasteiger charge is -2.25. The van der Waals surface area contributed by atoms with Crippen LogP contribution >= 0.6 is 0 Å². The van der Waals surface area contributed by atoms with Gasteiger partial charge in [-0.2, -0.15) is 0 Å².